The fourth-order valence-electron chi connectivity index (χ4n) is 4.36. The molecule has 4 rings (SSSR count). The molecule has 0 bridgehead atoms. The van der Waals surface area contributed by atoms with Crippen molar-refractivity contribution in [3.8, 4) is 28.6 Å². The molecule has 10 heteroatoms. The zero-order chi connectivity index (χ0) is 26.9. The van der Waals surface area contributed by atoms with Gasteiger partial charge in [-0.1, -0.05) is 13.8 Å². The maximum Gasteiger partial charge on any atom is 0.289 e. The smallest absolute Gasteiger partial charge is 0.289 e. The van der Waals surface area contributed by atoms with Gasteiger partial charge in [0.2, 0.25) is 5.82 Å². The highest BCUT2D eigenvalue weighted by Gasteiger charge is 2.26. The Bertz CT molecular complexity index is 1290. The summed E-state index contributed by atoms with van der Waals surface area (Å²) in [6, 6.07) is 9.73. The van der Waals surface area contributed by atoms with E-state index in [1.165, 1.54) is 6.07 Å². The van der Waals surface area contributed by atoms with Crippen LogP contribution in [0.15, 0.2) is 36.4 Å². The molecule has 3 aromatic rings. The van der Waals surface area contributed by atoms with Crippen LogP contribution in [0, 0.1) is 0 Å². The van der Waals surface area contributed by atoms with Gasteiger partial charge < -0.3 is 25.3 Å². The minimum absolute atomic E-state index is 0.0145. The van der Waals surface area contributed by atoms with Crippen molar-refractivity contribution >= 4 is 11.8 Å². The molecule has 1 aliphatic heterocycles. The molecular weight excluding hydrogens is 472 g/mol. The van der Waals surface area contributed by atoms with Gasteiger partial charge in [-0.15, -0.1) is 10.2 Å². The fourth-order valence-corrected chi connectivity index (χ4v) is 4.36. The second kappa shape index (κ2) is 10.6. The Morgan fingerprint density at radius 2 is 1.57 bits per heavy atom. The molecule has 2 aromatic carbocycles. The number of nitrogens with zero attached hydrogens (tertiary/aromatic N) is 5. The largest absolute Gasteiger partial charge is 0.508 e. The van der Waals surface area contributed by atoms with E-state index in [2.05, 4.69) is 20.4 Å². The maximum absolute atomic E-state index is 13.0. The lowest BCUT2D eigenvalue weighted by molar-refractivity contribution is 0.0664. The normalized spacial score (nSPS) is 14.4. The van der Waals surface area contributed by atoms with Crippen LogP contribution in [0.3, 0.4) is 0 Å². The van der Waals surface area contributed by atoms with Crippen LogP contribution in [0.25, 0.3) is 17.1 Å². The zero-order valence-corrected chi connectivity index (χ0v) is 21.9. The molecule has 3 N–H and O–H groups in total. The predicted molar refractivity (Wildman–Crippen MR) is 140 cm³/mol. The Kier molecular flexibility index (Phi) is 7.49. The van der Waals surface area contributed by atoms with Gasteiger partial charge in [0.1, 0.15) is 11.5 Å². The summed E-state index contributed by atoms with van der Waals surface area (Å²) in [6.07, 6.45) is 0. The van der Waals surface area contributed by atoms with Crippen molar-refractivity contribution in [1.29, 1.82) is 0 Å². The van der Waals surface area contributed by atoms with Crippen molar-refractivity contribution in [3.05, 3.63) is 53.3 Å². The zero-order valence-electron chi connectivity index (χ0n) is 21.9. The molecule has 2 heterocycles. The summed E-state index contributed by atoms with van der Waals surface area (Å²) >= 11 is 0. The number of likely N-dealkylation sites (N-methyl/N-ethyl adjacent to an activating group) is 1. The van der Waals surface area contributed by atoms with E-state index >= 15 is 0 Å². The van der Waals surface area contributed by atoms with Crippen LogP contribution in [0.2, 0.25) is 0 Å². The number of phenolic OH excluding ortho intramolecular Hbond substituents is 2. The highest BCUT2D eigenvalue weighted by atomic mass is 16.3. The maximum atomic E-state index is 13.0. The van der Waals surface area contributed by atoms with Crippen molar-refractivity contribution in [3.63, 3.8) is 0 Å². The first-order valence-electron chi connectivity index (χ1n) is 12.5. The van der Waals surface area contributed by atoms with Gasteiger partial charge in [0.05, 0.1) is 5.56 Å². The molecule has 0 spiro atoms. The first-order valence-corrected chi connectivity index (χ1v) is 12.5. The van der Waals surface area contributed by atoms with E-state index in [1.807, 2.05) is 39.6 Å². The van der Waals surface area contributed by atoms with Gasteiger partial charge in [0.25, 0.3) is 11.8 Å². The highest BCUT2D eigenvalue weighted by Crippen LogP contribution is 2.38. The summed E-state index contributed by atoms with van der Waals surface area (Å²) in [5, 5.41) is 32.2. The number of rotatable bonds is 6. The third-order valence-corrected chi connectivity index (χ3v) is 6.46. The number of carbonyl (C=O) groups excluding carboxylic acids is 2. The summed E-state index contributed by atoms with van der Waals surface area (Å²) in [6.45, 7) is 10.6. The minimum Gasteiger partial charge on any atom is -0.508 e. The molecule has 0 unspecified atom stereocenters. The number of hydrogen-bond donors (Lipinski definition) is 3. The van der Waals surface area contributed by atoms with Crippen LogP contribution in [0.4, 0.5) is 0 Å². The average Bonchev–Trinajstić information content (AvgIpc) is 3.28. The van der Waals surface area contributed by atoms with Crippen molar-refractivity contribution in [2.24, 2.45) is 0 Å². The predicted octanol–water partition coefficient (Wildman–Crippen LogP) is 2.99. The molecule has 0 radical (unpaired) electrons. The topological polar surface area (TPSA) is 124 Å². The van der Waals surface area contributed by atoms with E-state index in [0.717, 1.165) is 13.1 Å². The molecule has 1 aliphatic rings. The number of phenols is 2. The van der Waals surface area contributed by atoms with Gasteiger partial charge in [-0.05, 0) is 62.7 Å². The molecule has 1 aromatic heterocycles. The average molecular weight is 507 g/mol. The van der Waals surface area contributed by atoms with Gasteiger partial charge in [-0.25, -0.2) is 0 Å². The number of hydrogen-bond acceptors (Lipinski definition) is 7. The van der Waals surface area contributed by atoms with Crippen LogP contribution < -0.4 is 5.32 Å². The third-order valence-electron chi connectivity index (χ3n) is 6.46. The van der Waals surface area contributed by atoms with Crippen molar-refractivity contribution in [2.75, 3.05) is 33.2 Å². The first-order chi connectivity index (χ1) is 17.6. The lowest BCUT2D eigenvalue weighted by Crippen LogP contribution is -2.47. The van der Waals surface area contributed by atoms with E-state index in [0.29, 0.717) is 35.5 Å². The monoisotopic (exact) mass is 506 g/mol. The van der Waals surface area contributed by atoms with Gasteiger partial charge >= 0.3 is 0 Å². The van der Waals surface area contributed by atoms with Gasteiger partial charge in [0.15, 0.2) is 5.82 Å². The molecule has 0 aliphatic carbocycles. The van der Waals surface area contributed by atoms with E-state index in [9.17, 15) is 19.8 Å². The van der Waals surface area contributed by atoms with Crippen molar-refractivity contribution < 1.29 is 19.8 Å². The molecule has 196 valence electrons. The molecule has 2 amide bonds. The Morgan fingerprint density at radius 3 is 2.16 bits per heavy atom. The Balaban J connectivity index is 1.77. The number of carbonyl (C=O) groups is 2. The second-order valence-corrected chi connectivity index (χ2v) is 10.0. The first kappa shape index (κ1) is 26.2. The van der Waals surface area contributed by atoms with Crippen molar-refractivity contribution in [2.45, 2.75) is 39.7 Å². The van der Waals surface area contributed by atoms with Gasteiger partial charge in [-0.2, -0.15) is 0 Å². The summed E-state index contributed by atoms with van der Waals surface area (Å²) in [4.78, 5) is 30.1. The number of amides is 2. The number of aromatic hydroxyl groups is 2. The highest BCUT2D eigenvalue weighted by molar-refractivity contribution is 5.95. The molecular formula is C27H34N6O4. The van der Waals surface area contributed by atoms with Crippen LogP contribution >= 0.6 is 0 Å². The summed E-state index contributed by atoms with van der Waals surface area (Å²) in [5.74, 6) is -0.404. The number of benzene rings is 2. The lowest BCUT2D eigenvalue weighted by Gasteiger charge is -2.32. The van der Waals surface area contributed by atoms with Gasteiger partial charge in [0, 0.05) is 49.5 Å². The summed E-state index contributed by atoms with van der Waals surface area (Å²) in [5.41, 5.74) is 2.06. The van der Waals surface area contributed by atoms with E-state index in [1.54, 1.807) is 34.9 Å². The van der Waals surface area contributed by atoms with Crippen LogP contribution in [-0.4, -0.2) is 85.9 Å². The quantitative estimate of drug-likeness (QED) is 0.470. The molecule has 37 heavy (non-hydrogen) atoms. The second-order valence-electron chi connectivity index (χ2n) is 10.0. The Morgan fingerprint density at radius 1 is 0.919 bits per heavy atom. The SMILES string of the molecule is CC(C)NC(=O)c1nnc(-c2cc(C(C)C)c(O)cc2O)n1-c1ccc(C(=O)N2CCN(C)CC2)cc1. The number of nitrogens with one attached hydrogen (secondary N) is 1. The molecule has 10 nitrogen and oxygen atoms in total. The minimum atomic E-state index is -0.423. The fraction of sp³-hybridized carbons (Fsp3) is 0.407. The summed E-state index contributed by atoms with van der Waals surface area (Å²) < 4.78 is 1.55. The van der Waals surface area contributed by atoms with Crippen molar-refractivity contribution in [1.82, 2.24) is 29.9 Å². The van der Waals surface area contributed by atoms with E-state index in [-0.39, 0.29) is 41.0 Å². The molecule has 0 atom stereocenters. The van der Waals surface area contributed by atoms with Crippen LogP contribution in [0.1, 0.15) is 60.2 Å². The molecule has 1 fully saturated rings. The number of aromatic nitrogens is 3. The van der Waals surface area contributed by atoms with E-state index < -0.39 is 5.91 Å². The molecule has 1 saturated heterocycles. The summed E-state index contributed by atoms with van der Waals surface area (Å²) in [7, 11) is 2.04. The third kappa shape index (κ3) is 5.43. The Hall–Kier alpha value is -3.92. The Labute approximate surface area is 216 Å². The van der Waals surface area contributed by atoms with Crippen LogP contribution in [-0.2, 0) is 0 Å². The molecule has 0 saturated carbocycles. The van der Waals surface area contributed by atoms with Gasteiger partial charge in [-0.3, -0.25) is 14.2 Å². The lowest BCUT2D eigenvalue weighted by atomic mass is 9.98. The standard InChI is InChI=1S/C27H34N6O4/c1-16(2)20-14-21(23(35)15-22(20)34)24-29-30-25(26(36)28-17(3)4)33(24)19-8-6-18(7-9-19)27(37)32-12-10-31(5)11-13-32/h6-9,14-17,34-35H,10-13H2,1-5H3,(H,28,36). The van der Waals surface area contributed by atoms with Crippen LogP contribution in [0.5, 0.6) is 11.5 Å². The van der Waals surface area contributed by atoms with E-state index in [4.69, 9.17) is 0 Å². The number of piperazine rings is 1.